The normalized spacial score (nSPS) is 11.8. The molecule has 1 unspecified atom stereocenters. The monoisotopic (exact) mass is 351 g/mol. The zero-order valence-electron chi connectivity index (χ0n) is 15.7. The fourth-order valence-electron chi connectivity index (χ4n) is 1.61. The van der Waals surface area contributed by atoms with E-state index in [0.29, 0.717) is 16.0 Å². The molecular weight excluding hydrogens is 320 g/mol. The Balaban J connectivity index is 0. The Bertz CT molecular complexity index is 486. The maximum absolute atomic E-state index is 12.4. The molecule has 0 bridgehead atoms. The first-order valence-corrected chi connectivity index (χ1v) is 9.01. The Kier molecular flexibility index (Phi) is 12.1. The lowest BCUT2D eigenvalue weighted by atomic mass is 10.1. The van der Waals surface area contributed by atoms with Gasteiger partial charge in [-0.25, -0.2) is 8.93 Å². The number of nitrogens with one attached hydrogen (secondary N) is 1. The van der Waals surface area contributed by atoms with Crippen molar-refractivity contribution in [3.8, 4) is 5.75 Å². The summed E-state index contributed by atoms with van der Waals surface area (Å²) in [6, 6.07) is 3.29. The highest BCUT2D eigenvalue weighted by molar-refractivity contribution is 7.83. The molecule has 0 saturated carbocycles. The van der Waals surface area contributed by atoms with Crippen LogP contribution in [0.3, 0.4) is 0 Å². The van der Waals surface area contributed by atoms with E-state index in [1.165, 1.54) is 0 Å². The van der Waals surface area contributed by atoms with Gasteiger partial charge in [-0.3, -0.25) is 0 Å². The number of benzene rings is 1. The van der Waals surface area contributed by atoms with Gasteiger partial charge in [0.05, 0.1) is 4.90 Å². The molecule has 0 heterocycles. The van der Waals surface area contributed by atoms with E-state index in [0.717, 1.165) is 0 Å². The Morgan fingerprint density at radius 2 is 1.57 bits per heavy atom. The lowest BCUT2D eigenvalue weighted by Gasteiger charge is -2.21. The molecule has 6 heteroatoms. The summed E-state index contributed by atoms with van der Waals surface area (Å²) < 4.78 is 44.3. The van der Waals surface area contributed by atoms with Gasteiger partial charge in [-0.1, -0.05) is 33.8 Å². The quantitative estimate of drug-likeness (QED) is 0.792. The minimum Gasteiger partial charge on any atom is -0.434 e. The van der Waals surface area contributed by atoms with Gasteiger partial charge in [0.2, 0.25) is 0 Å². The first-order chi connectivity index (χ1) is 10.6. The molecule has 0 aromatic heterocycles. The van der Waals surface area contributed by atoms with Crippen molar-refractivity contribution in [2.75, 3.05) is 0 Å². The average Bonchev–Trinajstić information content (AvgIpc) is 2.45. The van der Waals surface area contributed by atoms with Gasteiger partial charge in [-0.05, 0) is 46.2 Å². The highest BCUT2D eigenvalue weighted by atomic mass is 32.2. The number of rotatable bonds is 4. The molecule has 0 aliphatic rings. The molecule has 0 spiro atoms. The van der Waals surface area contributed by atoms with Gasteiger partial charge >= 0.3 is 6.61 Å². The maximum Gasteiger partial charge on any atom is 0.387 e. The van der Waals surface area contributed by atoms with E-state index >= 15 is 0 Å². The van der Waals surface area contributed by atoms with E-state index in [-0.39, 0.29) is 11.3 Å². The van der Waals surface area contributed by atoms with E-state index in [2.05, 4.69) is 9.46 Å². The van der Waals surface area contributed by atoms with Crippen LogP contribution in [-0.2, 0) is 11.0 Å². The average molecular weight is 352 g/mol. The van der Waals surface area contributed by atoms with Crippen LogP contribution in [0.1, 0.15) is 59.6 Å². The standard InChI is InChI=1S/C13H19F2NO2S.2C2H6/c1-8-6-7-10(19(17)16-13(3,4)5)9(2)11(8)18-12(14)15;2*1-2/h6-7,12,16H,1-5H3;2*1-2H3. The summed E-state index contributed by atoms with van der Waals surface area (Å²) in [6.07, 6.45) is 0. The van der Waals surface area contributed by atoms with Gasteiger partial charge in [-0.15, -0.1) is 0 Å². The van der Waals surface area contributed by atoms with Gasteiger partial charge in [0.15, 0.2) is 0 Å². The van der Waals surface area contributed by atoms with Crippen molar-refractivity contribution in [1.82, 2.24) is 4.72 Å². The van der Waals surface area contributed by atoms with Crippen LogP contribution >= 0.6 is 0 Å². The van der Waals surface area contributed by atoms with Crippen molar-refractivity contribution in [2.24, 2.45) is 0 Å². The van der Waals surface area contributed by atoms with Crippen molar-refractivity contribution < 1.29 is 17.7 Å². The van der Waals surface area contributed by atoms with Crippen LogP contribution in [0.25, 0.3) is 0 Å². The zero-order chi connectivity index (χ0) is 18.8. The summed E-state index contributed by atoms with van der Waals surface area (Å²) in [5, 5.41) is 0. The van der Waals surface area contributed by atoms with Crippen molar-refractivity contribution in [1.29, 1.82) is 0 Å². The second-order valence-electron chi connectivity index (χ2n) is 5.33. The largest absolute Gasteiger partial charge is 0.434 e. The minimum atomic E-state index is -2.89. The molecule has 0 fully saturated rings. The van der Waals surface area contributed by atoms with Gasteiger partial charge in [0, 0.05) is 11.1 Å². The molecule has 0 aliphatic carbocycles. The third-order valence-electron chi connectivity index (χ3n) is 2.36. The number of aryl methyl sites for hydroxylation is 1. The molecule has 1 aromatic rings. The number of alkyl halides is 2. The maximum atomic E-state index is 12.4. The fourth-order valence-corrected chi connectivity index (χ4v) is 2.84. The third-order valence-corrected chi connectivity index (χ3v) is 4.00. The minimum absolute atomic E-state index is 0.0940. The second-order valence-corrected chi connectivity index (χ2v) is 6.52. The van der Waals surface area contributed by atoms with E-state index in [1.54, 1.807) is 26.0 Å². The van der Waals surface area contributed by atoms with Gasteiger partial charge in [-0.2, -0.15) is 8.78 Å². The molecule has 1 N–H and O–H groups in total. The summed E-state index contributed by atoms with van der Waals surface area (Å²) in [6.45, 7) is 14.1. The molecule has 1 atom stereocenters. The number of halogens is 2. The lowest BCUT2D eigenvalue weighted by molar-refractivity contribution is -0.0509. The molecular formula is C17H31F2NO2S. The number of hydrogen-bond acceptors (Lipinski definition) is 2. The Morgan fingerprint density at radius 1 is 1.09 bits per heavy atom. The van der Waals surface area contributed by atoms with Crippen LogP contribution in [0, 0.1) is 13.8 Å². The number of ether oxygens (including phenoxy) is 1. The smallest absolute Gasteiger partial charge is 0.387 e. The van der Waals surface area contributed by atoms with Crippen LogP contribution < -0.4 is 9.46 Å². The molecule has 0 saturated heterocycles. The highest BCUT2D eigenvalue weighted by Gasteiger charge is 2.20. The van der Waals surface area contributed by atoms with Gasteiger partial charge < -0.3 is 4.74 Å². The number of hydrogen-bond donors (Lipinski definition) is 1. The van der Waals surface area contributed by atoms with E-state index in [9.17, 15) is 13.0 Å². The topological polar surface area (TPSA) is 38.3 Å². The molecule has 0 aliphatic heterocycles. The van der Waals surface area contributed by atoms with Crippen molar-refractivity contribution in [3.05, 3.63) is 23.3 Å². The zero-order valence-corrected chi connectivity index (χ0v) is 16.5. The van der Waals surface area contributed by atoms with Crippen LogP contribution in [0.15, 0.2) is 17.0 Å². The van der Waals surface area contributed by atoms with E-state index in [1.807, 2.05) is 48.5 Å². The summed E-state index contributed by atoms with van der Waals surface area (Å²) in [7, 11) is -1.47. The summed E-state index contributed by atoms with van der Waals surface area (Å²) in [4.78, 5) is 0.455. The second kappa shape index (κ2) is 11.5. The van der Waals surface area contributed by atoms with Crippen LogP contribution in [-0.4, -0.2) is 16.4 Å². The predicted octanol–water partition coefficient (Wildman–Crippen LogP) is 5.37. The van der Waals surface area contributed by atoms with Crippen molar-refractivity contribution in [2.45, 2.75) is 79.4 Å². The summed E-state index contributed by atoms with van der Waals surface area (Å²) in [5.74, 6) is 0.0940. The molecule has 1 rings (SSSR count). The van der Waals surface area contributed by atoms with E-state index < -0.39 is 17.6 Å². The molecule has 0 radical (unpaired) electrons. The Hall–Kier alpha value is -1.01. The Morgan fingerprint density at radius 3 is 1.96 bits per heavy atom. The van der Waals surface area contributed by atoms with Crippen LogP contribution in [0.4, 0.5) is 8.78 Å². The van der Waals surface area contributed by atoms with Gasteiger partial charge in [0.25, 0.3) is 0 Å². The first kappa shape index (κ1) is 24.2. The first-order valence-electron chi connectivity index (χ1n) is 7.86. The van der Waals surface area contributed by atoms with Crippen LogP contribution in [0.2, 0.25) is 0 Å². The van der Waals surface area contributed by atoms with Crippen LogP contribution in [0.5, 0.6) is 5.75 Å². The highest BCUT2D eigenvalue weighted by Crippen LogP contribution is 2.29. The SMILES string of the molecule is CC.CC.Cc1ccc(S(=O)NC(C)(C)C)c(C)c1OC(F)F. The summed E-state index contributed by atoms with van der Waals surface area (Å²) in [5.41, 5.74) is 0.719. The van der Waals surface area contributed by atoms with Crippen molar-refractivity contribution >= 4 is 11.0 Å². The third kappa shape index (κ3) is 9.01. The molecule has 3 nitrogen and oxygen atoms in total. The predicted molar refractivity (Wildman–Crippen MR) is 94.5 cm³/mol. The molecule has 136 valence electrons. The Labute approximate surface area is 142 Å². The van der Waals surface area contributed by atoms with E-state index in [4.69, 9.17) is 0 Å². The van der Waals surface area contributed by atoms with Gasteiger partial charge in [0.1, 0.15) is 16.7 Å². The lowest BCUT2D eigenvalue weighted by Crippen LogP contribution is -2.37. The molecule has 0 amide bonds. The molecule has 23 heavy (non-hydrogen) atoms. The molecule has 1 aromatic carbocycles. The summed E-state index contributed by atoms with van der Waals surface area (Å²) >= 11 is 0. The van der Waals surface area contributed by atoms with Crippen molar-refractivity contribution in [3.63, 3.8) is 0 Å². The fraction of sp³-hybridized carbons (Fsp3) is 0.647.